The maximum absolute atomic E-state index is 9.69. The number of nitrogens with zero attached hydrogens (tertiary/aromatic N) is 3. The van der Waals surface area contributed by atoms with Crippen molar-refractivity contribution >= 4 is 22.6 Å². The molecule has 0 saturated heterocycles. The van der Waals surface area contributed by atoms with E-state index in [4.69, 9.17) is 16.3 Å². The summed E-state index contributed by atoms with van der Waals surface area (Å²) < 4.78 is 7.67. The molecule has 3 rings (SSSR count). The molecular weight excluding hydrogens is 266 g/mol. The third-order valence-electron chi connectivity index (χ3n) is 3.53. The highest BCUT2D eigenvalue weighted by molar-refractivity contribution is 6.30. The van der Waals surface area contributed by atoms with E-state index in [0.29, 0.717) is 23.0 Å². The number of fused-ring (bicyclic) bond motifs is 1. The molecule has 0 amide bonds. The average molecular weight is 282 g/mol. The highest BCUT2D eigenvalue weighted by Crippen LogP contribution is 2.30. The topological polar surface area (TPSA) is 60.2 Å². The predicted octanol–water partition coefficient (Wildman–Crippen LogP) is 2.30. The number of hydrogen-bond donors (Lipinski definition) is 1. The summed E-state index contributed by atoms with van der Waals surface area (Å²) >= 11 is 6.02. The van der Waals surface area contributed by atoms with E-state index >= 15 is 0 Å². The second kappa shape index (κ2) is 4.98. The molecule has 6 heteroatoms. The molecule has 0 aromatic carbocycles. The zero-order valence-electron chi connectivity index (χ0n) is 10.7. The lowest BCUT2D eigenvalue weighted by Gasteiger charge is -2.26. The normalized spacial score (nSPS) is 23.7. The van der Waals surface area contributed by atoms with Crippen molar-refractivity contribution in [3.8, 4) is 5.75 Å². The first-order chi connectivity index (χ1) is 9.13. The molecule has 2 aromatic heterocycles. The molecule has 1 N–H and O–H groups in total. The number of halogens is 1. The Bertz CT molecular complexity index is 599. The van der Waals surface area contributed by atoms with E-state index in [1.807, 2.05) is 7.05 Å². The molecule has 1 aliphatic rings. The molecule has 0 radical (unpaired) electrons. The van der Waals surface area contributed by atoms with Crippen LogP contribution >= 0.6 is 11.6 Å². The summed E-state index contributed by atoms with van der Waals surface area (Å²) in [5.74, 6) is 0.696. The van der Waals surface area contributed by atoms with Crippen LogP contribution in [0, 0.1) is 0 Å². The first-order valence-electron chi connectivity index (χ1n) is 6.46. The molecule has 102 valence electrons. The van der Waals surface area contributed by atoms with Crippen LogP contribution in [0.15, 0.2) is 12.3 Å². The summed E-state index contributed by atoms with van der Waals surface area (Å²) in [5.41, 5.74) is 0.707. The number of pyridine rings is 1. The van der Waals surface area contributed by atoms with Crippen molar-refractivity contribution in [1.82, 2.24) is 14.8 Å². The Kier molecular flexibility index (Phi) is 3.33. The van der Waals surface area contributed by atoms with Crippen LogP contribution in [0.3, 0.4) is 0 Å². The Morgan fingerprint density at radius 2 is 2.32 bits per heavy atom. The summed E-state index contributed by atoms with van der Waals surface area (Å²) in [4.78, 5) is 4.24. The molecule has 2 heterocycles. The zero-order chi connectivity index (χ0) is 13.4. The van der Waals surface area contributed by atoms with E-state index in [1.165, 1.54) is 0 Å². The Balaban J connectivity index is 1.91. The van der Waals surface area contributed by atoms with Crippen LogP contribution in [-0.4, -0.2) is 32.1 Å². The van der Waals surface area contributed by atoms with Gasteiger partial charge in [0.05, 0.1) is 17.7 Å². The molecular formula is C13H16ClN3O2. The number of hydrogen-bond acceptors (Lipinski definition) is 4. The first-order valence-corrected chi connectivity index (χ1v) is 6.84. The van der Waals surface area contributed by atoms with Gasteiger partial charge in [0.1, 0.15) is 17.0 Å². The minimum Gasteiger partial charge on any atom is -0.489 e. The molecule has 1 fully saturated rings. The van der Waals surface area contributed by atoms with Gasteiger partial charge in [-0.3, -0.25) is 4.68 Å². The van der Waals surface area contributed by atoms with E-state index in [1.54, 1.807) is 16.9 Å². The second-order valence-corrected chi connectivity index (χ2v) is 5.40. The molecule has 2 aromatic rings. The van der Waals surface area contributed by atoms with E-state index in [0.717, 1.165) is 24.6 Å². The summed E-state index contributed by atoms with van der Waals surface area (Å²) in [6.45, 7) is 0. The summed E-state index contributed by atoms with van der Waals surface area (Å²) in [6, 6.07) is 1.71. The lowest BCUT2D eigenvalue weighted by molar-refractivity contribution is 0.0544. The van der Waals surface area contributed by atoms with Gasteiger partial charge in [0.15, 0.2) is 5.65 Å². The number of aliphatic hydroxyl groups is 1. The number of aryl methyl sites for hydroxylation is 1. The maximum Gasteiger partial charge on any atom is 0.162 e. The highest BCUT2D eigenvalue weighted by atomic mass is 35.5. The minimum atomic E-state index is -0.263. The van der Waals surface area contributed by atoms with Gasteiger partial charge in [0.2, 0.25) is 0 Å². The van der Waals surface area contributed by atoms with Crippen LogP contribution < -0.4 is 4.74 Å². The van der Waals surface area contributed by atoms with Gasteiger partial charge in [-0.15, -0.1) is 0 Å². The molecule has 5 nitrogen and oxygen atoms in total. The molecule has 0 unspecified atom stereocenters. The van der Waals surface area contributed by atoms with Crippen LogP contribution in [0.1, 0.15) is 25.7 Å². The molecule has 1 aliphatic carbocycles. The predicted molar refractivity (Wildman–Crippen MR) is 72.4 cm³/mol. The van der Waals surface area contributed by atoms with E-state index in [-0.39, 0.29) is 12.2 Å². The smallest absolute Gasteiger partial charge is 0.162 e. The third kappa shape index (κ3) is 2.53. The Labute approximate surface area is 116 Å². The standard InChI is InChI=1S/C13H16ClN3O2/c1-17-13-10(7-15-17)11(6-12(14)16-13)19-9-4-2-3-8(18)5-9/h6-9,18H,2-5H2,1H3/t8-,9+/m0/s1. The fourth-order valence-electron chi connectivity index (χ4n) is 2.56. The lowest BCUT2D eigenvalue weighted by Crippen LogP contribution is -2.28. The van der Waals surface area contributed by atoms with Crippen LogP contribution in [-0.2, 0) is 7.05 Å². The monoisotopic (exact) mass is 281 g/mol. The molecule has 19 heavy (non-hydrogen) atoms. The Hall–Kier alpha value is -1.33. The van der Waals surface area contributed by atoms with Crippen molar-refractivity contribution in [3.63, 3.8) is 0 Å². The van der Waals surface area contributed by atoms with Gasteiger partial charge in [-0.2, -0.15) is 5.10 Å². The SMILES string of the molecule is Cn1ncc2c(O[C@@H]3CCC[C@H](O)C3)cc(Cl)nc21. The van der Waals surface area contributed by atoms with E-state index in [9.17, 15) is 5.11 Å². The largest absolute Gasteiger partial charge is 0.489 e. The number of ether oxygens (including phenoxy) is 1. The average Bonchev–Trinajstić information content (AvgIpc) is 2.71. The van der Waals surface area contributed by atoms with Crippen molar-refractivity contribution in [2.24, 2.45) is 7.05 Å². The summed E-state index contributed by atoms with van der Waals surface area (Å²) in [5, 5.41) is 15.1. The van der Waals surface area contributed by atoms with E-state index < -0.39 is 0 Å². The molecule has 2 atom stereocenters. The van der Waals surface area contributed by atoms with Gasteiger partial charge < -0.3 is 9.84 Å². The van der Waals surface area contributed by atoms with Gasteiger partial charge in [-0.05, 0) is 19.3 Å². The van der Waals surface area contributed by atoms with Crippen LogP contribution in [0.5, 0.6) is 5.75 Å². The van der Waals surface area contributed by atoms with Crippen molar-refractivity contribution in [2.45, 2.75) is 37.9 Å². The summed E-state index contributed by atoms with van der Waals surface area (Å²) in [6.07, 6.45) is 4.97. The quantitative estimate of drug-likeness (QED) is 0.858. The molecule has 0 spiro atoms. The van der Waals surface area contributed by atoms with Crippen LogP contribution in [0.4, 0.5) is 0 Å². The molecule has 1 saturated carbocycles. The molecule has 0 aliphatic heterocycles. The van der Waals surface area contributed by atoms with Crippen molar-refractivity contribution in [3.05, 3.63) is 17.4 Å². The van der Waals surface area contributed by atoms with Gasteiger partial charge in [0.25, 0.3) is 0 Å². The zero-order valence-corrected chi connectivity index (χ0v) is 11.5. The van der Waals surface area contributed by atoms with Crippen molar-refractivity contribution < 1.29 is 9.84 Å². The first kappa shape index (κ1) is 12.7. The minimum absolute atomic E-state index is 0.0330. The van der Waals surface area contributed by atoms with Gasteiger partial charge in [0, 0.05) is 19.5 Å². The Morgan fingerprint density at radius 3 is 3.11 bits per heavy atom. The fraction of sp³-hybridized carbons (Fsp3) is 0.538. The summed E-state index contributed by atoms with van der Waals surface area (Å²) in [7, 11) is 1.82. The van der Waals surface area contributed by atoms with Gasteiger partial charge in [-0.25, -0.2) is 4.98 Å². The number of aliphatic hydroxyl groups excluding tert-OH is 1. The highest BCUT2D eigenvalue weighted by Gasteiger charge is 2.23. The van der Waals surface area contributed by atoms with Crippen molar-refractivity contribution in [2.75, 3.05) is 0 Å². The van der Waals surface area contributed by atoms with Gasteiger partial charge in [-0.1, -0.05) is 11.6 Å². The second-order valence-electron chi connectivity index (χ2n) is 5.01. The van der Waals surface area contributed by atoms with Crippen LogP contribution in [0.25, 0.3) is 11.0 Å². The van der Waals surface area contributed by atoms with Gasteiger partial charge >= 0.3 is 0 Å². The number of aromatic nitrogens is 3. The Morgan fingerprint density at radius 1 is 1.47 bits per heavy atom. The molecule has 0 bridgehead atoms. The lowest BCUT2D eigenvalue weighted by atomic mass is 9.95. The van der Waals surface area contributed by atoms with Crippen molar-refractivity contribution in [1.29, 1.82) is 0 Å². The van der Waals surface area contributed by atoms with Crippen LogP contribution in [0.2, 0.25) is 5.15 Å². The third-order valence-corrected chi connectivity index (χ3v) is 3.72. The maximum atomic E-state index is 9.69. The number of rotatable bonds is 2. The van der Waals surface area contributed by atoms with E-state index in [2.05, 4.69) is 10.1 Å². The fourth-order valence-corrected chi connectivity index (χ4v) is 2.74.